The summed E-state index contributed by atoms with van der Waals surface area (Å²) < 4.78 is 0.912. The predicted octanol–water partition coefficient (Wildman–Crippen LogP) is 2.88. The second-order valence-corrected chi connectivity index (χ2v) is 4.96. The van der Waals surface area contributed by atoms with Gasteiger partial charge in [-0.05, 0) is 34.7 Å². The van der Waals surface area contributed by atoms with Crippen molar-refractivity contribution < 1.29 is 0 Å². The molecule has 2 N–H and O–H groups in total. The van der Waals surface area contributed by atoms with Gasteiger partial charge in [-0.15, -0.1) is 0 Å². The van der Waals surface area contributed by atoms with Crippen molar-refractivity contribution in [3.8, 4) is 0 Å². The summed E-state index contributed by atoms with van der Waals surface area (Å²) in [6.07, 6.45) is 7.01. The maximum absolute atomic E-state index is 4.24. The van der Waals surface area contributed by atoms with E-state index in [1.807, 2.05) is 7.05 Å². The molecule has 88 valence electrons. The van der Waals surface area contributed by atoms with Crippen molar-refractivity contribution in [2.75, 3.05) is 24.2 Å². The summed E-state index contributed by atoms with van der Waals surface area (Å²) in [5, 5.41) is 6.42. The zero-order valence-electron chi connectivity index (χ0n) is 9.46. The molecule has 0 saturated heterocycles. The lowest BCUT2D eigenvalue weighted by atomic mass is 10.1. The molecule has 1 fully saturated rings. The van der Waals surface area contributed by atoms with Gasteiger partial charge < -0.3 is 10.6 Å². The maximum atomic E-state index is 4.24. The Kier molecular flexibility index (Phi) is 3.98. The molecule has 0 radical (unpaired) electrons. The molecule has 0 bridgehead atoms. The van der Waals surface area contributed by atoms with Gasteiger partial charge in [0.25, 0.3) is 0 Å². The highest BCUT2D eigenvalue weighted by Crippen LogP contribution is 2.28. The van der Waals surface area contributed by atoms with Crippen molar-refractivity contribution in [3.05, 3.63) is 10.8 Å². The number of halogens is 1. The quantitative estimate of drug-likeness (QED) is 0.893. The number of hydrogen-bond acceptors (Lipinski definition) is 4. The van der Waals surface area contributed by atoms with E-state index in [2.05, 4.69) is 36.5 Å². The Morgan fingerprint density at radius 1 is 1.31 bits per heavy atom. The van der Waals surface area contributed by atoms with Crippen LogP contribution in [0.1, 0.15) is 25.7 Å². The standard InChI is InChI=1S/C11H17BrN4/c1-13-10-9(12)11(16-7-15-10)14-6-8-4-2-3-5-8/h7-8H,2-6H2,1H3,(H2,13,14,15,16). The van der Waals surface area contributed by atoms with E-state index in [-0.39, 0.29) is 0 Å². The van der Waals surface area contributed by atoms with Crippen molar-refractivity contribution in [2.24, 2.45) is 5.92 Å². The zero-order chi connectivity index (χ0) is 11.4. The molecule has 0 aromatic carbocycles. The van der Waals surface area contributed by atoms with Crippen LogP contribution in [-0.2, 0) is 0 Å². The molecule has 0 atom stereocenters. The van der Waals surface area contributed by atoms with E-state index in [0.717, 1.165) is 28.6 Å². The van der Waals surface area contributed by atoms with Gasteiger partial charge in [0.05, 0.1) is 0 Å². The summed E-state index contributed by atoms with van der Waals surface area (Å²) in [6.45, 7) is 1.01. The van der Waals surface area contributed by atoms with E-state index in [1.54, 1.807) is 6.33 Å². The van der Waals surface area contributed by atoms with Gasteiger partial charge in [0.1, 0.15) is 22.4 Å². The minimum atomic E-state index is 0.805. The van der Waals surface area contributed by atoms with E-state index < -0.39 is 0 Å². The largest absolute Gasteiger partial charge is 0.372 e. The van der Waals surface area contributed by atoms with Crippen LogP contribution in [0.15, 0.2) is 10.8 Å². The fraction of sp³-hybridized carbons (Fsp3) is 0.636. The van der Waals surface area contributed by atoms with E-state index in [1.165, 1.54) is 25.7 Å². The van der Waals surface area contributed by atoms with Crippen LogP contribution in [0.3, 0.4) is 0 Å². The number of anilines is 2. The highest BCUT2D eigenvalue weighted by Gasteiger charge is 2.15. The fourth-order valence-electron chi connectivity index (χ4n) is 2.12. The highest BCUT2D eigenvalue weighted by molar-refractivity contribution is 9.10. The molecule has 0 amide bonds. The van der Waals surface area contributed by atoms with Gasteiger partial charge in [-0.1, -0.05) is 12.8 Å². The molecule has 1 aliphatic rings. The van der Waals surface area contributed by atoms with Gasteiger partial charge >= 0.3 is 0 Å². The number of nitrogens with one attached hydrogen (secondary N) is 2. The van der Waals surface area contributed by atoms with Crippen molar-refractivity contribution in [3.63, 3.8) is 0 Å². The Morgan fingerprint density at radius 2 is 2.00 bits per heavy atom. The molecule has 0 unspecified atom stereocenters. The molecule has 1 saturated carbocycles. The third kappa shape index (κ3) is 2.64. The first kappa shape index (κ1) is 11.6. The van der Waals surface area contributed by atoms with Gasteiger partial charge in [0.2, 0.25) is 0 Å². The number of rotatable bonds is 4. The minimum Gasteiger partial charge on any atom is -0.372 e. The van der Waals surface area contributed by atoms with Crippen molar-refractivity contribution in [2.45, 2.75) is 25.7 Å². The summed E-state index contributed by atoms with van der Waals surface area (Å²) in [5.41, 5.74) is 0. The van der Waals surface area contributed by atoms with Crippen LogP contribution in [0.25, 0.3) is 0 Å². The monoisotopic (exact) mass is 284 g/mol. The van der Waals surface area contributed by atoms with Crippen molar-refractivity contribution in [1.29, 1.82) is 0 Å². The average Bonchev–Trinajstić information content (AvgIpc) is 2.81. The van der Waals surface area contributed by atoms with Crippen LogP contribution < -0.4 is 10.6 Å². The minimum absolute atomic E-state index is 0.805. The summed E-state index contributed by atoms with van der Waals surface area (Å²) >= 11 is 3.50. The van der Waals surface area contributed by atoms with Gasteiger partial charge in [0.15, 0.2) is 0 Å². The smallest absolute Gasteiger partial charge is 0.145 e. The van der Waals surface area contributed by atoms with Crippen LogP contribution >= 0.6 is 15.9 Å². The second kappa shape index (κ2) is 5.48. The number of nitrogens with zero attached hydrogens (tertiary/aromatic N) is 2. The van der Waals surface area contributed by atoms with Gasteiger partial charge in [-0.25, -0.2) is 9.97 Å². The third-order valence-electron chi connectivity index (χ3n) is 3.06. The van der Waals surface area contributed by atoms with Crippen LogP contribution in [0, 0.1) is 5.92 Å². The molecule has 1 aromatic heterocycles. The molecular weight excluding hydrogens is 268 g/mol. The molecule has 1 heterocycles. The van der Waals surface area contributed by atoms with Gasteiger partial charge in [-0.3, -0.25) is 0 Å². The van der Waals surface area contributed by atoms with Crippen LogP contribution in [0.2, 0.25) is 0 Å². The topological polar surface area (TPSA) is 49.8 Å². The first-order chi connectivity index (χ1) is 7.81. The SMILES string of the molecule is CNc1ncnc(NCC2CCCC2)c1Br. The molecule has 5 heteroatoms. The normalized spacial score (nSPS) is 16.4. The second-order valence-electron chi connectivity index (χ2n) is 4.17. The van der Waals surface area contributed by atoms with E-state index in [9.17, 15) is 0 Å². The van der Waals surface area contributed by atoms with Crippen molar-refractivity contribution >= 4 is 27.6 Å². The fourth-order valence-corrected chi connectivity index (χ4v) is 2.67. The number of aromatic nitrogens is 2. The zero-order valence-corrected chi connectivity index (χ0v) is 11.0. The first-order valence-corrected chi connectivity index (χ1v) is 6.52. The van der Waals surface area contributed by atoms with E-state index >= 15 is 0 Å². The summed E-state index contributed by atoms with van der Waals surface area (Å²) in [6, 6.07) is 0. The molecule has 1 aliphatic carbocycles. The summed E-state index contributed by atoms with van der Waals surface area (Å²) in [4.78, 5) is 8.37. The Bertz CT molecular complexity index is 350. The Morgan fingerprint density at radius 3 is 2.69 bits per heavy atom. The molecule has 2 rings (SSSR count). The average molecular weight is 285 g/mol. The lowest BCUT2D eigenvalue weighted by Gasteiger charge is -2.13. The Balaban J connectivity index is 1.97. The molecule has 0 spiro atoms. The molecule has 0 aliphatic heterocycles. The molecule has 16 heavy (non-hydrogen) atoms. The van der Waals surface area contributed by atoms with E-state index in [4.69, 9.17) is 0 Å². The van der Waals surface area contributed by atoms with Crippen molar-refractivity contribution in [1.82, 2.24) is 9.97 Å². The van der Waals surface area contributed by atoms with Gasteiger partial charge in [-0.2, -0.15) is 0 Å². The summed E-state index contributed by atoms with van der Waals surface area (Å²) in [5.74, 6) is 2.51. The molecule has 4 nitrogen and oxygen atoms in total. The third-order valence-corrected chi connectivity index (χ3v) is 3.81. The van der Waals surface area contributed by atoms with E-state index in [0.29, 0.717) is 0 Å². The highest BCUT2D eigenvalue weighted by atomic mass is 79.9. The first-order valence-electron chi connectivity index (χ1n) is 5.73. The summed E-state index contributed by atoms with van der Waals surface area (Å²) in [7, 11) is 1.86. The maximum Gasteiger partial charge on any atom is 0.145 e. The number of hydrogen-bond donors (Lipinski definition) is 2. The van der Waals surface area contributed by atoms with Gasteiger partial charge in [0, 0.05) is 13.6 Å². The van der Waals surface area contributed by atoms with Crippen LogP contribution in [0.5, 0.6) is 0 Å². The van der Waals surface area contributed by atoms with Crippen LogP contribution in [0.4, 0.5) is 11.6 Å². The molecule has 1 aromatic rings. The lowest BCUT2D eigenvalue weighted by Crippen LogP contribution is -2.13. The Labute approximate surface area is 104 Å². The Hall–Kier alpha value is -0.840. The molecular formula is C11H17BrN4. The predicted molar refractivity (Wildman–Crippen MR) is 69.7 cm³/mol. The van der Waals surface area contributed by atoms with Crippen LogP contribution in [-0.4, -0.2) is 23.6 Å². The lowest BCUT2D eigenvalue weighted by molar-refractivity contribution is 0.578.